The monoisotopic (exact) mass is 449 g/mol. The topological polar surface area (TPSA) is 82.8 Å². The average molecular weight is 450 g/mol. The highest BCUT2D eigenvalue weighted by Gasteiger charge is 2.12. The molecule has 2 aromatic heterocycles. The van der Waals surface area contributed by atoms with E-state index in [9.17, 15) is 9.59 Å². The highest BCUT2D eigenvalue weighted by atomic mass is 32.1. The number of methoxy groups -OCH3 is 1. The molecule has 2 heterocycles. The summed E-state index contributed by atoms with van der Waals surface area (Å²) in [4.78, 5) is 29.4. The van der Waals surface area contributed by atoms with Crippen LogP contribution in [-0.2, 0) is 4.74 Å². The number of rotatable bonds is 8. The smallest absolute Gasteiger partial charge is 0.337 e. The van der Waals surface area contributed by atoms with E-state index in [0.717, 1.165) is 36.1 Å². The third-order valence-electron chi connectivity index (χ3n) is 4.94. The van der Waals surface area contributed by atoms with Gasteiger partial charge >= 0.3 is 5.97 Å². The molecule has 0 aliphatic rings. The highest BCUT2D eigenvalue weighted by molar-refractivity contribution is 7.15. The van der Waals surface area contributed by atoms with Gasteiger partial charge in [0.25, 0.3) is 5.56 Å². The Hall–Kier alpha value is -3.52. The van der Waals surface area contributed by atoms with Gasteiger partial charge in [-0.25, -0.2) is 4.79 Å². The van der Waals surface area contributed by atoms with Crippen molar-refractivity contribution < 1.29 is 14.3 Å². The van der Waals surface area contributed by atoms with E-state index in [1.807, 2.05) is 24.3 Å². The normalized spacial score (nSPS) is 11.8. The largest absolute Gasteiger partial charge is 0.494 e. The molecular formula is C24H23N3O4S. The number of unbranched alkanes of at least 4 members (excludes halogenated alkanes) is 2. The number of thiazole rings is 1. The number of nitrogens with zero attached hydrogens (tertiary/aromatic N) is 3. The lowest BCUT2D eigenvalue weighted by Crippen LogP contribution is -2.23. The van der Waals surface area contributed by atoms with Crippen LogP contribution in [0.25, 0.3) is 22.4 Å². The molecule has 0 aliphatic carbocycles. The zero-order valence-electron chi connectivity index (χ0n) is 17.9. The van der Waals surface area contributed by atoms with E-state index in [1.165, 1.54) is 23.0 Å². The number of fused-ring (bicyclic) bond motifs is 1. The maximum absolute atomic E-state index is 12.8. The number of hydrogen-bond donors (Lipinski definition) is 0. The number of hydrogen-bond acceptors (Lipinski definition) is 7. The molecule has 0 saturated carbocycles. The van der Waals surface area contributed by atoms with Crippen LogP contribution in [0.1, 0.15) is 42.1 Å². The van der Waals surface area contributed by atoms with Crippen molar-refractivity contribution in [3.8, 4) is 17.1 Å². The first-order valence-electron chi connectivity index (χ1n) is 10.4. The van der Waals surface area contributed by atoms with E-state index in [4.69, 9.17) is 9.47 Å². The maximum atomic E-state index is 12.8. The van der Waals surface area contributed by atoms with Crippen LogP contribution in [-0.4, -0.2) is 34.3 Å². The summed E-state index contributed by atoms with van der Waals surface area (Å²) >= 11 is 1.27. The quantitative estimate of drug-likeness (QED) is 0.301. The Balaban J connectivity index is 1.53. The van der Waals surface area contributed by atoms with E-state index in [1.54, 1.807) is 30.3 Å². The van der Waals surface area contributed by atoms with Crippen molar-refractivity contribution in [3.05, 3.63) is 74.5 Å². The molecule has 0 fully saturated rings. The first-order chi connectivity index (χ1) is 15.6. The minimum atomic E-state index is -0.400. The van der Waals surface area contributed by atoms with Gasteiger partial charge in [0.1, 0.15) is 5.75 Å². The molecule has 4 aromatic rings. The number of carbonyl (C=O) groups is 1. The van der Waals surface area contributed by atoms with Crippen molar-refractivity contribution in [1.82, 2.24) is 14.6 Å². The molecule has 32 heavy (non-hydrogen) atoms. The van der Waals surface area contributed by atoms with Gasteiger partial charge in [-0.3, -0.25) is 4.79 Å². The molecule has 0 aliphatic heterocycles. The van der Waals surface area contributed by atoms with E-state index < -0.39 is 5.97 Å². The summed E-state index contributed by atoms with van der Waals surface area (Å²) in [5.41, 5.74) is 1.85. The third-order valence-corrected chi connectivity index (χ3v) is 5.90. The van der Waals surface area contributed by atoms with Crippen LogP contribution < -0.4 is 14.8 Å². The molecule has 0 radical (unpaired) electrons. The van der Waals surface area contributed by atoms with Crippen molar-refractivity contribution in [2.24, 2.45) is 0 Å². The molecule has 0 atom stereocenters. The summed E-state index contributed by atoms with van der Waals surface area (Å²) in [6, 6.07) is 14.4. The number of carbonyl (C=O) groups excluding carboxylic acids is 1. The lowest BCUT2D eigenvalue weighted by Gasteiger charge is -2.05. The molecule has 0 saturated heterocycles. The lowest BCUT2D eigenvalue weighted by atomic mass is 10.1. The van der Waals surface area contributed by atoms with E-state index in [2.05, 4.69) is 17.0 Å². The Morgan fingerprint density at radius 1 is 1.09 bits per heavy atom. The molecule has 0 unspecified atom stereocenters. The second-order valence-electron chi connectivity index (χ2n) is 7.24. The van der Waals surface area contributed by atoms with Crippen LogP contribution in [0, 0.1) is 0 Å². The number of esters is 1. The van der Waals surface area contributed by atoms with Crippen molar-refractivity contribution >= 4 is 28.3 Å². The molecule has 0 bridgehead atoms. The highest BCUT2D eigenvalue weighted by Crippen LogP contribution is 2.20. The maximum Gasteiger partial charge on any atom is 0.337 e. The van der Waals surface area contributed by atoms with Gasteiger partial charge < -0.3 is 9.47 Å². The Bertz CT molecular complexity index is 1320. The molecule has 8 heteroatoms. The minimum Gasteiger partial charge on any atom is -0.494 e. The summed E-state index contributed by atoms with van der Waals surface area (Å²) in [5.74, 6) is 0.911. The van der Waals surface area contributed by atoms with Crippen molar-refractivity contribution in [3.63, 3.8) is 0 Å². The fourth-order valence-electron chi connectivity index (χ4n) is 3.18. The van der Waals surface area contributed by atoms with Crippen LogP contribution in [0.2, 0.25) is 0 Å². The van der Waals surface area contributed by atoms with Gasteiger partial charge in [-0.2, -0.15) is 9.50 Å². The van der Waals surface area contributed by atoms with Crippen molar-refractivity contribution in [2.45, 2.75) is 26.2 Å². The molecular weight excluding hydrogens is 426 g/mol. The predicted octanol–water partition coefficient (Wildman–Crippen LogP) is 3.72. The second kappa shape index (κ2) is 9.74. The van der Waals surface area contributed by atoms with Gasteiger partial charge in [0, 0.05) is 5.56 Å². The Morgan fingerprint density at radius 3 is 2.50 bits per heavy atom. The summed E-state index contributed by atoms with van der Waals surface area (Å²) in [6.45, 7) is 2.87. The van der Waals surface area contributed by atoms with Gasteiger partial charge in [-0.05, 0) is 54.5 Å². The summed E-state index contributed by atoms with van der Waals surface area (Å²) in [6.07, 6.45) is 5.12. The van der Waals surface area contributed by atoms with E-state index in [0.29, 0.717) is 27.5 Å². The average Bonchev–Trinajstić information content (AvgIpc) is 3.36. The van der Waals surface area contributed by atoms with Crippen molar-refractivity contribution in [2.75, 3.05) is 13.7 Å². The molecule has 2 aromatic carbocycles. The Labute approximate surface area is 188 Å². The van der Waals surface area contributed by atoms with E-state index in [-0.39, 0.29) is 5.56 Å². The Kier molecular flexibility index (Phi) is 6.61. The molecule has 4 rings (SSSR count). The second-order valence-corrected chi connectivity index (χ2v) is 8.25. The zero-order chi connectivity index (χ0) is 22.5. The standard InChI is InChI=1S/C24H23N3O4S/c1-3-4-5-14-31-19-12-10-17(11-13-19)21-25-24-27(26-21)22(28)20(32-24)15-16-6-8-18(9-7-16)23(29)30-2/h6-13,15H,3-5,14H2,1-2H3/b20-15+. The van der Waals surface area contributed by atoms with Gasteiger partial charge in [0.15, 0.2) is 5.82 Å². The summed E-state index contributed by atoms with van der Waals surface area (Å²) < 4.78 is 12.3. The number of aromatic nitrogens is 3. The molecule has 0 spiro atoms. The van der Waals surface area contributed by atoms with E-state index >= 15 is 0 Å². The molecule has 0 N–H and O–H groups in total. The third kappa shape index (κ3) is 4.70. The fourth-order valence-corrected chi connectivity index (χ4v) is 4.09. The first kappa shape index (κ1) is 21.7. The Morgan fingerprint density at radius 2 is 1.84 bits per heavy atom. The minimum absolute atomic E-state index is 0.225. The van der Waals surface area contributed by atoms with Crippen LogP contribution in [0.5, 0.6) is 5.75 Å². The molecule has 0 amide bonds. The lowest BCUT2D eigenvalue weighted by molar-refractivity contribution is 0.0600. The number of benzene rings is 2. The molecule has 7 nitrogen and oxygen atoms in total. The van der Waals surface area contributed by atoms with Crippen LogP contribution >= 0.6 is 11.3 Å². The van der Waals surface area contributed by atoms with Gasteiger partial charge in [-0.1, -0.05) is 43.2 Å². The summed E-state index contributed by atoms with van der Waals surface area (Å²) in [5, 5.41) is 4.39. The van der Waals surface area contributed by atoms with Crippen LogP contribution in [0.4, 0.5) is 0 Å². The van der Waals surface area contributed by atoms with Crippen LogP contribution in [0.3, 0.4) is 0 Å². The van der Waals surface area contributed by atoms with Gasteiger partial charge in [0.05, 0.1) is 23.8 Å². The van der Waals surface area contributed by atoms with Crippen LogP contribution in [0.15, 0.2) is 53.3 Å². The zero-order valence-corrected chi connectivity index (χ0v) is 18.7. The number of ether oxygens (including phenoxy) is 2. The summed E-state index contributed by atoms with van der Waals surface area (Å²) in [7, 11) is 1.34. The first-order valence-corrected chi connectivity index (χ1v) is 11.2. The molecule has 164 valence electrons. The SMILES string of the molecule is CCCCCOc1ccc(-c2nc3s/c(=C/c4ccc(C(=O)OC)cc4)c(=O)n3n2)cc1. The van der Waals surface area contributed by atoms with Crippen molar-refractivity contribution in [1.29, 1.82) is 0 Å². The fraction of sp³-hybridized carbons (Fsp3) is 0.250. The van der Waals surface area contributed by atoms with Gasteiger partial charge in [0.2, 0.25) is 4.96 Å². The van der Waals surface area contributed by atoms with Gasteiger partial charge in [-0.15, -0.1) is 5.10 Å². The predicted molar refractivity (Wildman–Crippen MR) is 124 cm³/mol.